The Morgan fingerprint density at radius 3 is 2.70 bits per heavy atom. The summed E-state index contributed by atoms with van der Waals surface area (Å²) < 4.78 is 15.9. The van der Waals surface area contributed by atoms with Crippen LogP contribution in [0.25, 0.3) is 0 Å². The molecule has 0 bridgehead atoms. The maximum absolute atomic E-state index is 11.9. The van der Waals surface area contributed by atoms with E-state index in [9.17, 15) is 4.79 Å². The van der Waals surface area contributed by atoms with E-state index in [-0.39, 0.29) is 5.91 Å². The molecule has 1 saturated carbocycles. The van der Waals surface area contributed by atoms with Crippen LogP contribution in [0.15, 0.2) is 18.2 Å². The first-order chi connectivity index (χ1) is 9.74. The molecule has 1 aliphatic rings. The molecule has 0 atom stereocenters. The Bertz CT molecular complexity index is 457. The summed E-state index contributed by atoms with van der Waals surface area (Å²) in [7, 11) is 3.23. The van der Waals surface area contributed by atoms with Crippen LogP contribution in [0.3, 0.4) is 0 Å². The minimum Gasteiger partial charge on any atom is -0.493 e. The van der Waals surface area contributed by atoms with Crippen LogP contribution >= 0.6 is 0 Å². The topological polar surface area (TPSA) is 56.8 Å². The fourth-order valence-corrected chi connectivity index (χ4v) is 1.81. The Labute approximate surface area is 119 Å². The molecule has 5 heteroatoms. The molecule has 0 aromatic heterocycles. The zero-order chi connectivity index (χ0) is 14.4. The minimum absolute atomic E-state index is 0.0586. The predicted octanol–water partition coefficient (Wildman–Crippen LogP) is 2.00. The van der Waals surface area contributed by atoms with Crippen LogP contribution in [0.5, 0.6) is 11.5 Å². The summed E-state index contributed by atoms with van der Waals surface area (Å²) in [6.45, 7) is 1.21. The van der Waals surface area contributed by atoms with Crippen molar-refractivity contribution in [2.24, 2.45) is 0 Å². The maximum Gasteiger partial charge on any atom is 0.251 e. The molecular weight excluding hydrogens is 258 g/mol. The third kappa shape index (κ3) is 4.13. The van der Waals surface area contributed by atoms with Crippen molar-refractivity contribution in [2.75, 3.05) is 27.4 Å². The lowest BCUT2D eigenvalue weighted by Crippen LogP contribution is -2.25. The Balaban J connectivity index is 1.97. The minimum atomic E-state index is -0.0586. The van der Waals surface area contributed by atoms with Crippen LogP contribution in [0.4, 0.5) is 0 Å². The second-order valence-corrected chi connectivity index (χ2v) is 4.81. The van der Waals surface area contributed by atoms with E-state index in [2.05, 4.69) is 5.32 Å². The van der Waals surface area contributed by atoms with Gasteiger partial charge in [-0.2, -0.15) is 0 Å². The molecule has 1 amide bonds. The Kier molecular flexibility index (Phi) is 5.24. The third-order valence-electron chi connectivity index (χ3n) is 3.09. The van der Waals surface area contributed by atoms with Crippen LogP contribution < -0.4 is 14.8 Å². The molecular formula is C15H21NO4. The SMILES string of the molecule is COCCCOc1ccc(C(=O)NC2CC2)cc1OC. The average molecular weight is 279 g/mol. The largest absolute Gasteiger partial charge is 0.493 e. The molecule has 1 aromatic carbocycles. The number of hydrogen-bond acceptors (Lipinski definition) is 4. The van der Waals surface area contributed by atoms with Gasteiger partial charge in [-0.15, -0.1) is 0 Å². The van der Waals surface area contributed by atoms with Gasteiger partial charge in [0.1, 0.15) is 0 Å². The number of methoxy groups -OCH3 is 2. The van der Waals surface area contributed by atoms with Crippen molar-refractivity contribution >= 4 is 5.91 Å². The van der Waals surface area contributed by atoms with Crippen molar-refractivity contribution in [3.05, 3.63) is 23.8 Å². The van der Waals surface area contributed by atoms with Gasteiger partial charge in [0.15, 0.2) is 11.5 Å². The molecule has 110 valence electrons. The highest BCUT2D eigenvalue weighted by atomic mass is 16.5. The molecule has 1 aromatic rings. The fraction of sp³-hybridized carbons (Fsp3) is 0.533. The van der Waals surface area contributed by atoms with Gasteiger partial charge in [0.2, 0.25) is 0 Å². The summed E-state index contributed by atoms with van der Waals surface area (Å²) in [5.41, 5.74) is 0.595. The van der Waals surface area contributed by atoms with E-state index in [0.29, 0.717) is 36.3 Å². The second-order valence-electron chi connectivity index (χ2n) is 4.81. The van der Waals surface area contributed by atoms with E-state index in [1.54, 1.807) is 32.4 Å². The van der Waals surface area contributed by atoms with Gasteiger partial charge in [0, 0.05) is 31.7 Å². The van der Waals surface area contributed by atoms with Gasteiger partial charge in [0.25, 0.3) is 5.91 Å². The Hall–Kier alpha value is -1.75. The molecule has 0 heterocycles. The van der Waals surface area contributed by atoms with Crippen molar-refractivity contribution in [1.82, 2.24) is 5.32 Å². The lowest BCUT2D eigenvalue weighted by molar-refractivity contribution is 0.0950. The van der Waals surface area contributed by atoms with Crippen molar-refractivity contribution in [3.63, 3.8) is 0 Å². The number of hydrogen-bond donors (Lipinski definition) is 1. The van der Waals surface area contributed by atoms with E-state index in [4.69, 9.17) is 14.2 Å². The van der Waals surface area contributed by atoms with Crippen LogP contribution in [0.1, 0.15) is 29.6 Å². The highest BCUT2D eigenvalue weighted by molar-refractivity contribution is 5.95. The highest BCUT2D eigenvalue weighted by Crippen LogP contribution is 2.28. The molecule has 0 spiro atoms. The number of nitrogens with one attached hydrogen (secondary N) is 1. The standard InChI is InChI=1S/C15H21NO4/c1-18-8-3-9-20-13-7-4-11(10-14(13)19-2)15(17)16-12-5-6-12/h4,7,10,12H,3,5-6,8-9H2,1-2H3,(H,16,17). The molecule has 1 aliphatic carbocycles. The van der Waals surface area contributed by atoms with Crippen molar-refractivity contribution in [3.8, 4) is 11.5 Å². The van der Waals surface area contributed by atoms with Crippen molar-refractivity contribution in [2.45, 2.75) is 25.3 Å². The monoisotopic (exact) mass is 279 g/mol. The van der Waals surface area contributed by atoms with E-state index < -0.39 is 0 Å². The first kappa shape index (κ1) is 14.7. The van der Waals surface area contributed by atoms with Gasteiger partial charge >= 0.3 is 0 Å². The Morgan fingerprint density at radius 1 is 1.25 bits per heavy atom. The number of amides is 1. The first-order valence-corrected chi connectivity index (χ1v) is 6.85. The fourth-order valence-electron chi connectivity index (χ4n) is 1.81. The molecule has 5 nitrogen and oxygen atoms in total. The summed E-state index contributed by atoms with van der Waals surface area (Å²) in [5, 5.41) is 2.95. The smallest absolute Gasteiger partial charge is 0.251 e. The molecule has 0 unspecified atom stereocenters. The summed E-state index contributed by atoms with van der Waals surface area (Å²) in [5.74, 6) is 1.16. The molecule has 0 aliphatic heterocycles. The normalized spacial score (nSPS) is 13.9. The van der Waals surface area contributed by atoms with Gasteiger partial charge in [-0.3, -0.25) is 4.79 Å². The number of carbonyl (C=O) groups is 1. The summed E-state index contributed by atoms with van der Waals surface area (Å²) in [6, 6.07) is 5.58. The molecule has 0 saturated heterocycles. The lowest BCUT2D eigenvalue weighted by atomic mass is 10.2. The number of carbonyl (C=O) groups excluding carboxylic acids is 1. The van der Waals surface area contributed by atoms with Crippen LogP contribution in [-0.2, 0) is 4.74 Å². The molecule has 0 radical (unpaired) electrons. The van der Waals surface area contributed by atoms with Crippen molar-refractivity contribution < 1.29 is 19.0 Å². The van der Waals surface area contributed by atoms with E-state index >= 15 is 0 Å². The highest BCUT2D eigenvalue weighted by Gasteiger charge is 2.24. The average Bonchev–Trinajstić information content (AvgIpc) is 3.27. The summed E-state index contributed by atoms with van der Waals surface area (Å²) in [4.78, 5) is 11.9. The lowest BCUT2D eigenvalue weighted by Gasteiger charge is -2.12. The second kappa shape index (κ2) is 7.14. The van der Waals surface area contributed by atoms with Gasteiger partial charge < -0.3 is 19.5 Å². The van der Waals surface area contributed by atoms with E-state index in [0.717, 1.165) is 19.3 Å². The van der Waals surface area contributed by atoms with E-state index in [1.807, 2.05) is 0 Å². The van der Waals surface area contributed by atoms with Crippen LogP contribution in [-0.4, -0.2) is 39.4 Å². The Morgan fingerprint density at radius 2 is 2.05 bits per heavy atom. The van der Waals surface area contributed by atoms with E-state index in [1.165, 1.54) is 0 Å². The first-order valence-electron chi connectivity index (χ1n) is 6.85. The van der Waals surface area contributed by atoms with Crippen LogP contribution in [0, 0.1) is 0 Å². The predicted molar refractivity (Wildman–Crippen MR) is 75.5 cm³/mol. The van der Waals surface area contributed by atoms with Gasteiger partial charge in [0.05, 0.1) is 13.7 Å². The zero-order valence-corrected chi connectivity index (χ0v) is 12.0. The zero-order valence-electron chi connectivity index (χ0n) is 12.0. The number of ether oxygens (including phenoxy) is 3. The summed E-state index contributed by atoms with van der Waals surface area (Å²) in [6.07, 6.45) is 2.96. The maximum atomic E-state index is 11.9. The summed E-state index contributed by atoms with van der Waals surface area (Å²) >= 11 is 0. The number of benzene rings is 1. The third-order valence-corrected chi connectivity index (χ3v) is 3.09. The molecule has 1 fully saturated rings. The molecule has 20 heavy (non-hydrogen) atoms. The van der Waals surface area contributed by atoms with Crippen molar-refractivity contribution in [1.29, 1.82) is 0 Å². The van der Waals surface area contributed by atoms with Gasteiger partial charge in [-0.25, -0.2) is 0 Å². The van der Waals surface area contributed by atoms with Gasteiger partial charge in [-0.1, -0.05) is 0 Å². The number of rotatable bonds is 8. The quantitative estimate of drug-likeness (QED) is 0.740. The molecule has 1 N–H and O–H groups in total. The van der Waals surface area contributed by atoms with Crippen LogP contribution in [0.2, 0.25) is 0 Å². The molecule has 2 rings (SSSR count). The van der Waals surface area contributed by atoms with Gasteiger partial charge in [-0.05, 0) is 31.0 Å².